The molecule has 0 unspecified atom stereocenters. The number of unbranched alkanes of at least 4 members (excludes halogenated alkanes) is 1. The summed E-state index contributed by atoms with van der Waals surface area (Å²) >= 11 is 0. The van der Waals surface area contributed by atoms with Gasteiger partial charge in [0.05, 0.1) is 6.10 Å². The summed E-state index contributed by atoms with van der Waals surface area (Å²) in [7, 11) is 0. The Bertz CT molecular complexity index is 1190. The van der Waals surface area contributed by atoms with Crippen molar-refractivity contribution in [2.75, 3.05) is 0 Å². The molecule has 0 bridgehead atoms. The van der Waals surface area contributed by atoms with E-state index in [4.69, 9.17) is 14.2 Å². The summed E-state index contributed by atoms with van der Waals surface area (Å²) < 4.78 is 16.2. The van der Waals surface area contributed by atoms with Gasteiger partial charge in [0.15, 0.2) is 0 Å². The van der Waals surface area contributed by atoms with Crippen molar-refractivity contribution < 1.29 is 38.5 Å². The first kappa shape index (κ1) is 36.0. The highest BCUT2D eigenvalue weighted by molar-refractivity contribution is 5.86. The van der Waals surface area contributed by atoms with Gasteiger partial charge in [-0.05, 0) is 51.2 Å². The molecule has 3 atom stereocenters. The molecule has 2 aromatic carbocycles. The second-order valence-corrected chi connectivity index (χ2v) is 11.4. The summed E-state index contributed by atoms with van der Waals surface area (Å²) in [5.41, 5.74) is 0.754. The number of aliphatic hydroxyl groups is 1. The fraction of sp³-hybridized carbons (Fsp3) is 0.471. The molecule has 10 heteroatoms. The van der Waals surface area contributed by atoms with Gasteiger partial charge in [0.25, 0.3) is 0 Å². The average molecular weight is 611 g/mol. The molecule has 2 rings (SSSR count). The minimum Gasteiger partial charge on any atom is -0.459 e. The Labute approximate surface area is 260 Å². The van der Waals surface area contributed by atoms with Crippen molar-refractivity contribution in [3.63, 3.8) is 0 Å². The van der Waals surface area contributed by atoms with E-state index < -0.39 is 47.7 Å². The summed E-state index contributed by atoms with van der Waals surface area (Å²) in [6.07, 6.45) is 3.96. The van der Waals surface area contributed by atoms with Crippen LogP contribution in [0.1, 0.15) is 77.3 Å². The van der Waals surface area contributed by atoms with Crippen molar-refractivity contribution in [2.45, 2.75) is 103 Å². The third-order valence-electron chi connectivity index (χ3n) is 6.28. The van der Waals surface area contributed by atoms with Crippen molar-refractivity contribution in [1.82, 2.24) is 10.6 Å². The summed E-state index contributed by atoms with van der Waals surface area (Å²) in [4.78, 5) is 51.4. The van der Waals surface area contributed by atoms with Crippen LogP contribution in [0.4, 0.5) is 4.79 Å². The molecule has 0 aliphatic heterocycles. The van der Waals surface area contributed by atoms with Crippen LogP contribution in [0.25, 0.3) is 0 Å². The van der Waals surface area contributed by atoms with Gasteiger partial charge in [0.2, 0.25) is 5.91 Å². The van der Waals surface area contributed by atoms with Gasteiger partial charge in [0, 0.05) is 6.42 Å². The maximum atomic E-state index is 13.0. The highest BCUT2D eigenvalue weighted by atomic mass is 16.6. The lowest BCUT2D eigenvalue weighted by atomic mass is 10.1. The number of benzene rings is 2. The molecule has 0 radical (unpaired) electrons. The quantitative estimate of drug-likeness (QED) is 0.127. The number of carbonyl (C=O) groups is 4. The minimum atomic E-state index is -1.18. The van der Waals surface area contributed by atoms with Crippen molar-refractivity contribution in [3.05, 3.63) is 83.9 Å². The maximum absolute atomic E-state index is 13.0. The molecule has 0 spiro atoms. The van der Waals surface area contributed by atoms with E-state index in [0.717, 1.165) is 24.0 Å². The lowest BCUT2D eigenvalue weighted by Crippen LogP contribution is -2.45. The highest BCUT2D eigenvalue weighted by Crippen LogP contribution is 2.12. The summed E-state index contributed by atoms with van der Waals surface area (Å²) in [5, 5.41) is 15.3. The number of ether oxygens (including phenoxy) is 3. The van der Waals surface area contributed by atoms with Crippen LogP contribution in [-0.4, -0.2) is 52.8 Å². The fourth-order valence-electron chi connectivity index (χ4n) is 4.00. The number of hydrogen-bond acceptors (Lipinski definition) is 8. The van der Waals surface area contributed by atoms with E-state index in [1.165, 1.54) is 0 Å². The van der Waals surface area contributed by atoms with Crippen molar-refractivity contribution in [3.8, 4) is 0 Å². The van der Waals surface area contributed by atoms with Crippen LogP contribution in [0.3, 0.4) is 0 Å². The normalized spacial score (nSPS) is 13.4. The third kappa shape index (κ3) is 15.3. The molecule has 2 aromatic rings. The number of alkyl carbamates (subject to hydrolysis) is 1. The molecule has 240 valence electrons. The number of nitrogens with one attached hydrogen (secondary N) is 2. The molecule has 0 aromatic heterocycles. The topological polar surface area (TPSA) is 140 Å². The van der Waals surface area contributed by atoms with Crippen molar-refractivity contribution in [2.24, 2.45) is 0 Å². The molecule has 2 amide bonds. The molecular weight excluding hydrogens is 564 g/mol. The molecule has 0 saturated carbocycles. The molecule has 0 aliphatic rings. The lowest BCUT2D eigenvalue weighted by molar-refractivity contribution is -0.158. The number of amides is 2. The molecule has 3 N–H and O–H groups in total. The fourth-order valence-corrected chi connectivity index (χ4v) is 4.00. The molecule has 0 saturated heterocycles. The van der Waals surface area contributed by atoms with Crippen LogP contribution in [-0.2, 0) is 41.8 Å². The van der Waals surface area contributed by atoms with Gasteiger partial charge in [-0.1, -0.05) is 92.6 Å². The Kier molecular flexibility index (Phi) is 15.7. The van der Waals surface area contributed by atoms with E-state index in [2.05, 4.69) is 10.6 Å². The van der Waals surface area contributed by atoms with E-state index in [1.807, 2.05) is 43.3 Å². The van der Waals surface area contributed by atoms with Crippen LogP contribution in [0, 0.1) is 0 Å². The lowest BCUT2D eigenvalue weighted by Gasteiger charge is -2.24. The predicted octanol–water partition coefficient (Wildman–Crippen LogP) is 5.13. The standard InChI is InChI=1S/C34H46N2O8/c1-5-6-18-27(37)19-13-20-28(32(40)44-34(2,3)4)35-30(38)22-21-29(31(39)42-23-25-14-9-7-10-15-25)36-33(41)43-24-26-16-11-8-12-17-26/h7-17,19,27-29,37H,5-6,18,20-24H2,1-4H3,(H,35,38)(H,36,41)/b19-13+/t27-,28-,29-/m0/s1. The highest BCUT2D eigenvalue weighted by Gasteiger charge is 2.28. The Morgan fingerprint density at radius 3 is 1.98 bits per heavy atom. The molecule has 44 heavy (non-hydrogen) atoms. The Morgan fingerprint density at radius 2 is 1.41 bits per heavy atom. The second kappa shape index (κ2) is 19.2. The first-order valence-electron chi connectivity index (χ1n) is 15.0. The molecule has 0 fully saturated rings. The van der Waals surface area contributed by atoms with Gasteiger partial charge in [0.1, 0.15) is 30.9 Å². The van der Waals surface area contributed by atoms with Gasteiger partial charge < -0.3 is 30.0 Å². The number of esters is 2. The SMILES string of the molecule is CCCC[C@H](O)/C=C/C[C@H](NC(=O)CC[C@H](NC(=O)OCc1ccccc1)C(=O)OCc1ccccc1)C(=O)OC(C)(C)C. The monoisotopic (exact) mass is 610 g/mol. The Balaban J connectivity index is 2.05. The Hall–Kier alpha value is -4.18. The predicted molar refractivity (Wildman–Crippen MR) is 166 cm³/mol. The average Bonchev–Trinajstić information content (AvgIpc) is 2.99. The first-order chi connectivity index (χ1) is 21.0. The van der Waals surface area contributed by atoms with E-state index in [1.54, 1.807) is 57.2 Å². The zero-order chi connectivity index (χ0) is 32.4. The zero-order valence-electron chi connectivity index (χ0n) is 26.1. The van der Waals surface area contributed by atoms with Gasteiger partial charge in [-0.25, -0.2) is 14.4 Å². The minimum absolute atomic E-state index is 0.00281. The van der Waals surface area contributed by atoms with Crippen LogP contribution >= 0.6 is 0 Å². The third-order valence-corrected chi connectivity index (χ3v) is 6.28. The van der Waals surface area contributed by atoms with Crippen molar-refractivity contribution in [1.29, 1.82) is 0 Å². The van der Waals surface area contributed by atoms with Gasteiger partial charge in [-0.15, -0.1) is 0 Å². The largest absolute Gasteiger partial charge is 0.459 e. The Morgan fingerprint density at radius 1 is 0.818 bits per heavy atom. The van der Waals surface area contributed by atoms with Gasteiger partial charge >= 0.3 is 18.0 Å². The van der Waals surface area contributed by atoms with E-state index >= 15 is 0 Å². The van der Waals surface area contributed by atoms with Crippen LogP contribution in [0.5, 0.6) is 0 Å². The number of carbonyl (C=O) groups excluding carboxylic acids is 4. The summed E-state index contributed by atoms with van der Waals surface area (Å²) in [6, 6.07) is 15.9. The molecular formula is C34H46N2O8. The summed E-state index contributed by atoms with van der Waals surface area (Å²) in [5.74, 6) is -1.88. The first-order valence-corrected chi connectivity index (χ1v) is 15.0. The second-order valence-electron chi connectivity index (χ2n) is 11.4. The number of aliphatic hydroxyl groups excluding tert-OH is 1. The van der Waals surface area contributed by atoms with Crippen LogP contribution < -0.4 is 10.6 Å². The molecule has 10 nitrogen and oxygen atoms in total. The van der Waals surface area contributed by atoms with Gasteiger partial charge in [-0.3, -0.25) is 4.79 Å². The van der Waals surface area contributed by atoms with Crippen LogP contribution in [0.2, 0.25) is 0 Å². The van der Waals surface area contributed by atoms with Crippen LogP contribution in [0.15, 0.2) is 72.8 Å². The molecule has 0 heterocycles. The van der Waals surface area contributed by atoms with E-state index in [0.29, 0.717) is 6.42 Å². The molecule has 0 aliphatic carbocycles. The number of rotatable bonds is 17. The zero-order valence-corrected chi connectivity index (χ0v) is 26.1. The number of hydrogen-bond donors (Lipinski definition) is 3. The van der Waals surface area contributed by atoms with E-state index in [9.17, 15) is 24.3 Å². The summed E-state index contributed by atoms with van der Waals surface area (Å²) in [6.45, 7) is 7.19. The van der Waals surface area contributed by atoms with Crippen molar-refractivity contribution >= 4 is 23.9 Å². The maximum Gasteiger partial charge on any atom is 0.408 e. The van der Waals surface area contributed by atoms with Gasteiger partial charge in [-0.2, -0.15) is 0 Å². The smallest absolute Gasteiger partial charge is 0.408 e. The van der Waals surface area contributed by atoms with E-state index in [-0.39, 0.29) is 32.5 Å².